The van der Waals surface area contributed by atoms with Crippen LogP contribution in [0.4, 0.5) is 0 Å². The smallest absolute Gasteiger partial charge is 0.266 e. The van der Waals surface area contributed by atoms with Crippen molar-refractivity contribution >= 4 is 50.7 Å². The summed E-state index contributed by atoms with van der Waals surface area (Å²) in [6.07, 6.45) is 1.27. The Morgan fingerprint density at radius 1 is 1.07 bits per heavy atom. The molecular formula is C16H11Cl3N4O3S. The molecule has 27 heavy (non-hydrogen) atoms. The lowest BCUT2D eigenvalue weighted by atomic mass is 10.2. The van der Waals surface area contributed by atoms with E-state index in [1.54, 1.807) is 12.1 Å². The molecule has 3 aromatic rings. The lowest BCUT2D eigenvalue weighted by Crippen LogP contribution is -2.31. The molecule has 0 aliphatic carbocycles. The normalized spacial score (nSPS) is 11.4. The Morgan fingerprint density at radius 2 is 1.81 bits per heavy atom. The summed E-state index contributed by atoms with van der Waals surface area (Å²) in [6.45, 7) is 1.88. The van der Waals surface area contributed by atoms with E-state index in [1.807, 2.05) is 17.7 Å². The highest BCUT2D eigenvalue weighted by Gasteiger charge is 2.23. The van der Waals surface area contributed by atoms with Crippen LogP contribution in [-0.2, 0) is 10.0 Å². The van der Waals surface area contributed by atoms with Crippen LogP contribution in [0.5, 0.6) is 0 Å². The van der Waals surface area contributed by atoms with Gasteiger partial charge >= 0.3 is 0 Å². The topological polar surface area (TPSA) is 94.0 Å². The van der Waals surface area contributed by atoms with Crippen LogP contribution in [-0.4, -0.2) is 29.3 Å². The maximum Gasteiger partial charge on any atom is 0.287 e. The van der Waals surface area contributed by atoms with Gasteiger partial charge in [0.1, 0.15) is 4.90 Å². The van der Waals surface area contributed by atoms with Gasteiger partial charge in [-0.05, 0) is 42.8 Å². The highest BCUT2D eigenvalue weighted by Crippen LogP contribution is 2.25. The number of aromatic nitrogens is 3. The third-order valence-electron chi connectivity index (χ3n) is 3.49. The van der Waals surface area contributed by atoms with Crippen LogP contribution < -0.4 is 4.72 Å². The number of nitrogens with one attached hydrogen (secondary N) is 1. The molecule has 0 spiro atoms. The molecule has 0 aliphatic heterocycles. The Morgan fingerprint density at radius 3 is 2.48 bits per heavy atom. The van der Waals surface area contributed by atoms with Gasteiger partial charge in [-0.15, -0.1) is 5.10 Å². The van der Waals surface area contributed by atoms with Crippen molar-refractivity contribution in [1.82, 2.24) is 19.7 Å². The summed E-state index contributed by atoms with van der Waals surface area (Å²) in [4.78, 5) is 12.0. The monoisotopic (exact) mass is 444 g/mol. The van der Waals surface area contributed by atoms with E-state index in [-0.39, 0.29) is 20.6 Å². The third-order valence-corrected chi connectivity index (χ3v) is 5.84. The van der Waals surface area contributed by atoms with Gasteiger partial charge in [0.2, 0.25) is 0 Å². The van der Waals surface area contributed by atoms with Gasteiger partial charge in [0.25, 0.3) is 15.9 Å². The summed E-state index contributed by atoms with van der Waals surface area (Å²) >= 11 is 17.8. The van der Waals surface area contributed by atoms with E-state index in [4.69, 9.17) is 34.8 Å². The van der Waals surface area contributed by atoms with Crippen LogP contribution in [0.3, 0.4) is 0 Å². The van der Waals surface area contributed by atoms with Gasteiger partial charge in [-0.2, -0.15) is 0 Å². The number of hydrogen-bond donors (Lipinski definition) is 1. The minimum Gasteiger partial charge on any atom is -0.266 e. The maximum atomic E-state index is 12.4. The lowest BCUT2D eigenvalue weighted by Gasteiger charge is -2.07. The number of halogens is 3. The molecule has 140 valence electrons. The Bertz CT molecular complexity index is 1150. The molecule has 1 aromatic heterocycles. The largest absolute Gasteiger partial charge is 0.287 e. The van der Waals surface area contributed by atoms with E-state index in [0.717, 1.165) is 5.56 Å². The van der Waals surface area contributed by atoms with E-state index in [0.29, 0.717) is 10.7 Å². The highest BCUT2D eigenvalue weighted by atomic mass is 35.5. The van der Waals surface area contributed by atoms with Crippen molar-refractivity contribution in [1.29, 1.82) is 0 Å². The first-order valence-corrected chi connectivity index (χ1v) is 10.00. The summed E-state index contributed by atoms with van der Waals surface area (Å²) in [7, 11) is -4.22. The summed E-state index contributed by atoms with van der Waals surface area (Å²) in [5, 5.41) is 8.07. The average molecular weight is 446 g/mol. The Hall–Kier alpha value is -2.13. The van der Waals surface area contributed by atoms with Gasteiger partial charge in [0, 0.05) is 5.02 Å². The zero-order valence-electron chi connectivity index (χ0n) is 13.6. The van der Waals surface area contributed by atoms with Gasteiger partial charge < -0.3 is 0 Å². The minimum absolute atomic E-state index is 0.113. The van der Waals surface area contributed by atoms with Crippen molar-refractivity contribution in [3.05, 3.63) is 68.9 Å². The lowest BCUT2D eigenvalue weighted by molar-refractivity contribution is 0.0976. The first kappa shape index (κ1) is 19.6. The number of nitrogens with zero attached hydrogens (tertiary/aromatic N) is 3. The van der Waals surface area contributed by atoms with E-state index in [9.17, 15) is 13.2 Å². The molecule has 0 saturated carbocycles. The van der Waals surface area contributed by atoms with E-state index in [2.05, 4.69) is 10.3 Å². The minimum atomic E-state index is -4.22. The van der Waals surface area contributed by atoms with E-state index >= 15 is 0 Å². The van der Waals surface area contributed by atoms with E-state index < -0.39 is 15.9 Å². The number of aryl methyl sites for hydroxylation is 1. The Labute approximate surface area is 169 Å². The molecular weight excluding hydrogens is 435 g/mol. The van der Waals surface area contributed by atoms with Gasteiger partial charge in [-0.1, -0.05) is 46.1 Å². The van der Waals surface area contributed by atoms with Crippen LogP contribution in [0.2, 0.25) is 15.1 Å². The third kappa shape index (κ3) is 4.24. The molecule has 0 saturated heterocycles. The van der Waals surface area contributed by atoms with Gasteiger partial charge in [0.15, 0.2) is 5.69 Å². The summed E-state index contributed by atoms with van der Waals surface area (Å²) in [6, 6.07) is 9.06. The standard InChI is InChI=1S/C16H11Cl3N4O3S/c1-9-2-4-14(11(18)6-9)23-8-13(20-22-23)16(24)21-27(25,26)15-5-3-10(17)7-12(15)19/h2-8H,1H3,(H,21,24). The molecule has 0 aliphatic rings. The van der Waals surface area contributed by atoms with Crippen LogP contribution in [0, 0.1) is 6.92 Å². The zero-order valence-corrected chi connectivity index (χ0v) is 16.7. The predicted octanol–water partition coefficient (Wildman–Crippen LogP) is 3.65. The van der Waals surface area contributed by atoms with Crippen molar-refractivity contribution in [2.75, 3.05) is 0 Å². The van der Waals surface area contributed by atoms with Crippen LogP contribution >= 0.6 is 34.8 Å². The molecule has 2 aromatic carbocycles. The summed E-state index contributed by atoms with van der Waals surface area (Å²) in [5.41, 5.74) is 1.24. The van der Waals surface area contributed by atoms with Crippen LogP contribution in [0.15, 0.2) is 47.5 Å². The van der Waals surface area contributed by atoms with Crippen LogP contribution in [0.1, 0.15) is 16.1 Å². The van der Waals surface area contributed by atoms with E-state index in [1.165, 1.54) is 29.1 Å². The number of benzene rings is 2. The number of carbonyl (C=O) groups is 1. The Balaban J connectivity index is 1.86. The quantitative estimate of drug-likeness (QED) is 0.661. The van der Waals surface area contributed by atoms with Crippen molar-refractivity contribution in [2.45, 2.75) is 11.8 Å². The summed E-state index contributed by atoms with van der Waals surface area (Å²) in [5.74, 6) is -0.962. The molecule has 3 rings (SSSR count). The first-order valence-electron chi connectivity index (χ1n) is 7.38. The van der Waals surface area contributed by atoms with Gasteiger partial charge in [-0.3, -0.25) is 4.79 Å². The second kappa shape index (κ2) is 7.47. The van der Waals surface area contributed by atoms with Gasteiger partial charge in [0.05, 0.1) is 21.9 Å². The molecule has 1 amide bonds. The van der Waals surface area contributed by atoms with Crippen molar-refractivity contribution in [3.63, 3.8) is 0 Å². The second-order valence-corrected chi connectivity index (χ2v) is 8.41. The molecule has 0 bridgehead atoms. The zero-order chi connectivity index (χ0) is 19.8. The molecule has 0 atom stereocenters. The van der Waals surface area contributed by atoms with Gasteiger partial charge in [-0.25, -0.2) is 17.8 Å². The molecule has 11 heteroatoms. The molecule has 0 fully saturated rings. The fourth-order valence-corrected chi connectivity index (χ4v) is 4.26. The summed E-state index contributed by atoms with van der Waals surface area (Å²) < 4.78 is 27.9. The first-order chi connectivity index (χ1) is 12.7. The Kier molecular flexibility index (Phi) is 5.43. The predicted molar refractivity (Wildman–Crippen MR) is 102 cm³/mol. The molecule has 0 unspecified atom stereocenters. The number of sulfonamides is 1. The molecule has 1 N–H and O–H groups in total. The fraction of sp³-hybridized carbons (Fsp3) is 0.0625. The number of hydrogen-bond acceptors (Lipinski definition) is 5. The molecule has 0 radical (unpaired) electrons. The van der Waals surface area contributed by atoms with Crippen molar-refractivity contribution in [2.24, 2.45) is 0 Å². The highest BCUT2D eigenvalue weighted by molar-refractivity contribution is 7.90. The van der Waals surface area contributed by atoms with Crippen LogP contribution in [0.25, 0.3) is 5.69 Å². The molecule has 7 nitrogen and oxygen atoms in total. The number of amides is 1. The average Bonchev–Trinajstić information content (AvgIpc) is 3.03. The number of carbonyl (C=O) groups excluding carboxylic acids is 1. The fourth-order valence-electron chi connectivity index (χ4n) is 2.21. The van der Waals surface area contributed by atoms with Crippen molar-refractivity contribution in [3.8, 4) is 5.69 Å². The molecule has 1 heterocycles. The maximum absolute atomic E-state index is 12.4. The van der Waals surface area contributed by atoms with Crippen molar-refractivity contribution < 1.29 is 13.2 Å². The SMILES string of the molecule is Cc1ccc(-n2cc(C(=O)NS(=O)(=O)c3ccc(Cl)cc3Cl)nn2)c(Cl)c1. The second-order valence-electron chi connectivity index (χ2n) is 5.51. The number of rotatable bonds is 4.